The molecule has 2 unspecified atom stereocenters. The van der Waals surface area contributed by atoms with Crippen LogP contribution in [-0.4, -0.2) is 72.3 Å². The van der Waals surface area contributed by atoms with Crippen LogP contribution in [0.25, 0.3) is 0 Å². The number of hydrogen-bond acceptors (Lipinski definition) is 3. The van der Waals surface area contributed by atoms with E-state index in [1.165, 1.54) is 0 Å². The van der Waals surface area contributed by atoms with Crippen LogP contribution in [0.2, 0.25) is 5.02 Å². The van der Waals surface area contributed by atoms with Crippen LogP contribution in [-0.2, 0) is 22.4 Å². The van der Waals surface area contributed by atoms with E-state index in [0.29, 0.717) is 60.2 Å². The van der Waals surface area contributed by atoms with E-state index in [-0.39, 0.29) is 17.6 Å². The summed E-state index contributed by atoms with van der Waals surface area (Å²) in [5.41, 5.74) is 1.26. The lowest BCUT2D eigenvalue weighted by Gasteiger charge is -2.35. The van der Waals surface area contributed by atoms with Crippen LogP contribution in [0.1, 0.15) is 62.5 Å². The molecule has 7 heteroatoms. The van der Waals surface area contributed by atoms with Gasteiger partial charge in [0.15, 0.2) is 0 Å². The van der Waals surface area contributed by atoms with Crippen molar-refractivity contribution in [2.24, 2.45) is 5.92 Å². The molecule has 2 saturated heterocycles. The number of rotatable bonds is 7. The molecular weight excluding hydrogens is 441 g/mol. The molecule has 4 rings (SSSR count). The van der Waals surface area contributed by atoms with Gasteiger partial charge in [0.2, 0.25) is 11.8 Å². The quantitative estimate of drug-likeness (QED) is 0.588. The van der Waals surface area contributed by atoms with E-state index in [0.717, 1.165) is 64.8 Å². The average Bonchev–Trinajstić information content (AvgIpc) is 3.24. The summed E-state index contributed by atoms with van der Waals surface area (Å²) in [6, 6.07) is 3.88. The molecule has 0 bridgehead atoms. The van der Waals surface area contributed by atoms with E-state index in [4.69, 9.17) is 11.6 Å². The number of nitrogens with zero attached hydrogens (tertiary/aromatic N) is 3. The smallest absolute Gasteiger partial charge is 0.222 e. The molecule has 2 aliphatic heterocycles. The second-order valence-corrected chi connectivity index (χ2v) is 10.5. The Labute approximate surface area is 202 Å². The predicted octanol–water partition coefficient (Wildman–Crippen LogP) is 4.30. The molecule has 2 heterocycles. The number of benzene rings is 1. The van der Waals surface area contributed by atoms with Gasteiger partial charge in [0.05, 0.1) is 0 Å². The average molecular weight is 478 g/mol. The molecule has 0 radical (unpaired) electrons. The van der Waals surface area contributed by atoms with Crippen LogP contribution >= 0.6 is 11.6 Å². The number of likely N-dealkylation sites (N-methyl/N-ethyl adjacent to an activating group) is 1. The molecule has 0 aromatic heterocycles. The van der Waals surface area contributed by atoms with Gasteiger partial charge in [0, 0.05) is 62.2 Å². The molecule has 33 heavy (non-hydrogen) atoms. The third-order valence-electron chi connectivity index (χ3n) is 7.76. The number of amides is 2. The maximum Gasteiger partial charge on any atom is 0.222 e. The minimum absolute atomic E-state index is 0.169. The van der Waals surface area contributed by atoms with Gasteiger partial charge in [-0.3, -0.25) is 9.59 Å². The highest BCUT2D eigenvalue weighted by Crippen LogP contribution is 2.35. The van der Waals surface area contributed by atoms with Crippen molar-refractivity contribution < 1.29 is 14.0 Å². The molecule has 2 amide bonds. The van der Waals surface area contributed by atoms with Gasteiger partial charge in [-0.05, 0) is 69.5 Å². The van der Waals surface area contributed by atoms with E-state index in [1.54, 1.807) is 6.07 Å². The molecule has 0 spiro atoms. The zero-order valence-corrected chi connectivity index (χ0v) is 20.6. The van der Waals surface area contributed by atoms with E-state index in [9.17, 15) is 9.59 Å². The topological polar surface area (TPSA) is 43.9 Å². The molecule has 2 atom stereocenters. The lowest BCUT2D eigenvalue weighted by molar-refractivity contribution is -0.133. The minimum Gasteiger partial charge on any atom is -0.340 e. The van der Waals surface area contributed by atoms with Crippen LogP contribution in [0, 0.1) is 11.7 Å². The maximum absolute atomic E-state index is 15.4. The zero-order valence-electron chi connectivity index (χ0n) is 19.8. The van der Waals surface area contributed by atoms with Crippen LogP contribution in [0.3, 0.4) is 0 Å². The lowest BCUT2D eigenvalue weighted by atomic mass is 9.81. The first-order valence-corrected chi connectivity index (χ1v) is 13.0. The summed E-state index contributed by atoms with van der Waals surface area (Å²) in [5.74, 6) is 0.590. The summed E-state index contributed by atoms with van der Waals surface area (Å²) in [4.78, 5) is 30.9. The van der Waals surface area contributed by atoms with Crippen molar-refractivity contribution in [3.8, 4) is 0 Å². The van der Waals surface area contributed by atoms with Gasteiger partial charge in [-0.2, -0.15) is 0 Å². The van der Waals surface area contributed by atoms with Crippen molar-refractivity contribution in [2.45, 2.75) is 70.3 Å². The molecule has 0 N–H and O–H groups in total. The number of aryl methyl sites for hydroxylation is 1. The maximum atomic E-state index is 15.4. The standard InChI is InChI=1S/C26H37ClFN3O2/c1-29-13-15-30(16-14-29)24(32)8-3-6-20-10-11-23(27)22(26(20)28)18-19-5-2-7-21(17-19)31-12-4-9-25(31)33/h10-11,19,21H,2-9,12-18H2,1H3. The first kappa shape index (κ1) is 24.5. The van der Waals surface area contributed by atoms with Gasteiger partial charge in [-0.1, -0.05) is 24.1 Å². The van der Waals surface area contributed by atoms with Gasteiger partial charge < -0.3 is 14.7 Å². The monoisotopic (exact) mass is 477 g/mol. The van der Waals surface area contributed by atoms with Crippen molar-refractivity contribution in [1.29, 1.82) is 0 Å². The second-order valence-electron chi connectivity index (χ2n) is 10.1. The molecular formula is C26H37ClFN3O2. The number of carbonyl (C=O) groups is 2. The summed E-state index contributed by atoms with van der Waals surface area (Å²) in [6.45, 7) is 4.25. The molecule has 3 fully saturated rings. The molecule has 1 aromatic carbocycles. The number of carbonyl (C=O) groups excluding carboxylic acids is 2. The number of piperazine rings is 1. The van der Waals surface area contributed by atoms with Crippen molar-refractivity contribution in [2.75, 3.05) is 39.8 Å². The number of hydrogen-bond donors (Lipinski definition) is 0. The van der Waals surface area contributed by atoms with Gasteiger partial charge in [-0.25, -0.2) is 4.39 Å². The number of likely N-dealkylation sites (tertiary alicyclic amines) is 1. The third kappa shape index (κ3) is 6.07. The van der Waals surface area contributed by atoms with Crippen molar-refractivity contribution in [3.63, 3.8) is 0 Å². The Bertz CT molecular complexity index is 856. The Hall–Kier alpha value is -1.66. The summed E-state index contributed by atoms with van der Waals surface area (Å²) in [6.07, 6.45) is 8.01. The SMILES string of the molecule is CN1CCN(C(=O)CCCc2ccc(Cl)c(CC3CCCC(N4CCCC4=O)C3)c2F)CC1. The third-order valence-corrected chi connectivity index (χ3v) is 8.11. The van der Waals surface area contributed by atoms with E-state index in [1.807, 2.05) is 11.0 Å². The van der Waals surface area contributed by atoms with Crippen molar-refractivity contribution in [3.05, 3.63) is 34.1 Å². The fourth-order valence-corrected chi connectivity index (χ4v) is 5.97. The highest BCUT2D eigenvalue weighted by molar-refractivity contribution is 6.31. The van der Waals surface area contributed by atoms with Gasteiger partial charge >= 0.3 is 0 Å². The fraction of sp³-hybridized carbons (Fsp3) is 0.692. The van der Waals surface area contributed by atoms with Gasteiger partial charge in [0.1, 0.15) is 5.82 Å². The van der Waals surface area contributed by atoms with Crippen LogP contribution in [0.4, 0.5) is 4.39 Å². The second kappa shape index (κ2) is 11.2. The van der Waals surface area contributed by atoms with Crippen molar-refractivity contribution >= 4 is 23.4 Å². The molecule has 1 aromatic rings. The number of halogens is 2. The largest absolute Gasteiger partial charge is 0.340 e. The summed E-state index contributed by atoms with van der Waals surface area (Å²) < 4.78 is 15.4. The predicted molar refractivity (Wildman–Crippen MR) is 129 cm³/mol. The normalized spacial score (nSPS) is 24.5. The Morgan fingerprint density at radius 3 is 2.64 bits per heavy atom. The Morgan fingerprint density at radius 1 is 1.12 bits per heavy atom. The Morgan fingerprint density at radius 2 is 1.91 bits per heavy atom. The Balaban J connectivity index is 1.32. The van der Waals surface area contributed by atoms with E-state index in [2.05, 4.69) is 16.8 Å². The van der Waals surface area contributed by atoms with Gasteiger partial charge in [0.25, 0.3) is 0 Å². The lowest BCUT2D eigenvalue weighted by Crippen LogP contribution is -2.47. The Kier molecular flexibility index (Phi) is 8.29. The highest BCUT2D eigenvalue weighted by Gasteiger charge is 2.32. The van der Waals surface area contributed by atoms with Crippen LogP contribution in [0.5, 0.6) is 0 Å². The molecule has 1 aliphatic carbocycles. The van der Waals surface area contributed by atoms with Crippen molar-refractivity contribution in [1.82, 2.24) is 14.7 Å². The first-order valence-electron chi connectivity index (χ1n) is 12.6. The van der Waals surface area contributed by atoms with Gasteiger partial charge in [-0.15, -0.1) is 0 Å². The fourth-order valence-electron chi connectivity index (χ4n) is 5.75. The van der Waals surface area contributed by atoms with E-state index < -0.39 is 0 Å². The minimum atomic E-state index is -0.200. The van der Waals surface area contributed by atoms with Crippen LogP contribution in [0.15, 0.2) is 12.1 Å². The molecule has 5 nitrogen and oxygen atoms in total. The molecule has 1 saturated carbocycles. The summed E-state index contributed by atoms with van der Waals surface area (Å²) >= 11 is 6.44. The molecule has 3 aliphatic rings. The summed E-state index contributed by atoms with van der Waals surface area (Å²) in [7, 11) is 2.07. The zero-order chi connectivity index (χ0) is 23.4. The summed E-state index contributed by atoms with van der Waals surface area (Å²) in [5, 5.41) is 0.490. The van der Waals surface area contributed by atoms with E-state index >= 15 is 4.39 Å². The first-order chi connectivity index (χ1) is 15.9. The van der Waals surface area contributed by atoms with Crippen LogP contribution < -0.4 is 0 Å². The molecule has 182 valence electrons. The highest BCUT2D eigenvalue weighted by atomic mass is 35.5.